The number of fused-ring (bicyclic) bond motifs is 1. The summed E-state index contributed by atoms with van der Waals surface area (Å²) in [7, 11) is 0. The van der Waals surface area contributed by atoms with Crippen LogP contribution in [-0.4, -0.2) is 16.8 Å². The molecule has 3 rings (SSSR count). The predicted molar refractivity (Wildman–Crippen MR) is 97.7 cm³/mol. The number of aromatic nitrogens is 1. The molecule has 24 heavy (non-hydrogen) atoms. The second-order valence-electron chi connectivity index (χ2n) is 5.42. The minimum atomic E-state index is -0.163. The van der Waals surface area contributed by atoms with Crippen molar-refractivity contribution in [1.29, 1.82) is 0 Å². The average Bonchev–Trinajstić information content (AvgIpc) is 2.96. The number of carbonyl (C=O) groups excluding carboxylic acids is 2. The van der Waals surface area contributed by atoms with Gasteiger partial charge in [0, 0.05) is 17.7 Å². The van der Waals surface area contributed by atoms with Gasteiger partial charge >= 0.3 is 0 Å². The Bertz CT molecular complexity index is 900. The molecule has 3 aromatic rings. The van der Waals surface area contributed by atoms with E-state index in [4.69, 9.17) is 0 Å². The fraction of sp³-hybridized carbons (Fsp3) is 0.167. The van der Waals surface area contributed by atoms with Crippen molar-refractivity contribution in [2.75, 3.05) is 10.6 Å². The van der Waals surface area contributed by atoms with E-state index < -0.39 is 0 Å². The third-order valence-electron chi connectivity index (χ3n) is 3.53. The Kier molecular flexibility index (Phi) is 4.57. The van der Waals surface area contributed by atoms with Crippen molar-refractivity contribution < 1.29 is 9.59 Å². The maximum absolute atomic E-state index is 12.3. The number of aryl methyl sites for hydroxylation is 1. The molecule has 0 saturated heterocycles. The van der Waals surface area contributed by atoms with Crippen LogP contribution in [-0.2, 0) is 4.79 Å². The Morgan fingerprint density at radius 2 is 1.83 bits per heavy atom. The molecule has 0 aliphatic carbocycles. The molecule has 2 amide bonds. The van der Waals surface area contributed by atoms with Crippen LogP contribution in [0.15, 0.2) is 42.5 Å². The van der Waals surface area contributed by atoms with E-state index in [9.17, 15) is 9.59 Å². The van der Waals surface area contributed by atoms with Crippen LogP contribution < -0.4 is 10.6 Å². The molecular weight excluding hydrogens is 322 g/mol. The molecule has 2 N–H and O–H groups in total. The van der Waals surface area contributed by atoms with Gasteiger partial charge in [0.15, 0.2) is 5.13 Å². The van der Waals surface area contributed by atoms with Crippen molar-refractivity contribution in [1.82, 2.24) is 4.98 Å². The standard InChI is InChI=1S/C18H17N3O2S/c1-3-16(22)21-18-20-14-10-13(8-9-15(14)24-18)19-17(23)12-6-4-11(2)5-7-12/h4-10H,3H2,1-2H3,(H,19,23)(H,20,21,22). The van der Waals surface area contributed by atoms with Crippen LogP contribution in [0.5, 0.6) is 0 Å². The summed E-state index contributed by atoms with van der Waals surface area (Å²) in [6, 6.07) is 12.9. The molecule has 0 aliphatic rings. The van der Waals surface area contributed by atoms with Gasteiger partial charge in [-0.15, -0.1) is 0 Å². The Morgan fingerprint density at radius 1 is 1.08 bits per heavy atom. The predicted octanol–water partition coefficient (Wildman–Crippen LogP) is 4.21. The zero-order valence-electron chi connectivity index (χ0n) is 13.4. The summed E-state index contributed by atoms with van der Waals surface area (Å²) >= 11 is 1.41. The molecule has 5 nitrogen and oxygen atoms in total. The van der Waals surface area contributed by atoms with Gasteiger partial charge in [0.25, 0.3) is 5.91 Å². The number of anilines is 2. The van der Waals surface area contributed by atoms with Gasteiger partial charge in [-0.3, -0.25) is 9.59 Å². The van der Waals surface area contributed by atoms with Gasteiger partial charge < -0.3 is 10.6 Å². The molecule has 6 heteroatoms. The molecule has 1 aromatic heterocycles. The number of hydrogen-bond acceptors (Lipinski definition) is 4. The van der Waals surface area contributed by atoms with Crippen LogP contribution in [0, 0.1) is 6.92 Å². The Labute approximate surface area is 143 Å². The summed E-state index contributed by atoms with van der Waals surface area (Å²) in [4.78, 5) is 28.1. The van der Waals surface area contributed by atoms with Gasteiger partial charge in [0.1, 0.15) is 0 Å². The first-order valence-electron chi connectivity index (χ1n) is 7.63. The number of amides is 2. The Balaban J connectivity index is 1.78. The van der Waals surface area contributed by atoms with E-state index in [1.807, 2.05) is 31.2 Å². The van der Waals surface area contributed by atoms with Gasteiger partial charge in [0.2, 0.25) is 5.91 Å². The van der Waals surface area contributed by atoms with Crippen LogP contribution in [0.2, 0.25) is 0 Å². The summed E-state index contributed by atoms with van der Waals surface area (Å²) in [6.45, 7) is 3.77. The van der Waals surface area contributed by atoms with Crippen LogP contribution >= 0.6 is 11.3 Å². The number of nitrogens with one attached hydrogen (secondary N) is 2. The normalized spacial score (nSPS) is 10.6. The van der Waals surface area contributed by atoms with Crippen molar-refractivity contribution in [3.63, 3.8) is 0 Å². The smallest absolute Gasteiger partial charge is 0.255 e. The van der Waals surface area contributed by atoms with E-state index in [-0.39, 0.29) is 11.8 Å². The van der Waals surface area contributed by atoms with E-state index in [0.717, 1.165) is 15.8 Å². The van der Waals surface area contributed by atoms with E-state index in [0.29, 0.717) is 22.8 Å². The summed E-state index contributed by atoms with van der Waals surface area (Å²) in [5.41, 5.74) is 3.13. The second-order valence-corrected chi connectivity index (χ2v) is 6.45. The number of rotatable bonds is 4. The minimum absolute atomic E-state index is 0.0676. The van der Waals surface area contributed by atoms with Crippen LogP contribution in [0.3, 0.4) is 0 Å². The lowest BCUT2D eigenvalue weighted by Gasteiger charge is -2.05. The lowest BCUT2D eigenvalue weighted by atomic mass is 10.1. The summed E-state index contributed by atoms with van der Waals surface area (Å²) in [6.07, 6.45) is 0.410. The van der Waals surface area contributed by atoms with Crippen molar-refractivity contribution in [2.24, 2.45) is 0 Å². The maximum Gasteiger partial charge on any atom is 0.255 e. The fourth-order valence-electron chi connectivity index (χ4n) is 2.17. The highest BCUT2D eigenvalue weighted by atomic mass is 32.1. The van der Waals surface area contributed by atoms with E-state index in [2.05, 4.69) is 15.6 Å². The van der Waals surface area contributed by atoms with E-state index in [1.165, 1.54) is 11.3 Å². The molecule has 122 valence electrons. The topological polar surface area (TPSA) is 71.1 Å². The van der Waals surface area contributed by atoms with Crippen molar-refractivity contribution in [3.05, 3.63) is 53.6 Å². The molecule has 0 saturated carbocycles. The van der Waals surface area contributed by atoms with Gasteiger partial charge in [-0.2, -0.15) is 0 Å². The highest BCUT2D eigenvalue weighted by Crippen LogP contribution is 2.28. The van der Waals surface area contributed by atoms with Gasteiger partial charge in [-0.1, -0.05) is 36.0 Å². The summed E-state index contributed by atoms with van der Waals surface area (Å²) < 4.78 is 0.953. The number of thiazole rings is 1. The molecule has 1 heterocycles. The van der Waals surface area contributed by atoms with E-state index >= 15 is 0 Å². The third-order valence-corrected chi connectivity index (χ3v) is 4.48. The zero-order valence-corrected chi connectivity index (χ0v) is 14.2. The monoisotopic (exact) mass is 339 g/mol. The minimum Gasteiger partial charge on any atom is -0.322 e. The Hall–Kier alpha value is -2.73. The highest BCUT2D eigenvalue weighted by Gasteiger charge is 2.09. The van der Waals surface area contributed by atoms with Gasteiger partial charge in [-0.25, -0.2) is 4.98 Å². The number of nitrogens with zero attached hydrogens (tertiary/aromatic N) is 1. The average molecular weight is 339 g/mol. The lowest BCUT2D eigenvalue weighted by Crippen LogP contribution is -2.11. The number of carbonyl (C=O) groups is 2. The van der Waals surface area contributed by atoms with Crippen LogP contribution in [0.25, 0.3) is 10.2 Å². The summed E-state index contributed by atoms with van der Waals surface area (Å²) in [5.74, 6) is -0.231. The quantitative estimate of drug-likeness (QED) is 0.748. The maximum atomic E-state index is 12.3. The zero-order chi connectivity index (χ0) is 17.1. The molecule has 0 bridgehead atoms. The molecule has 0 fully saturated rings. The molecule has 0 atom stereocenters. The second kappa shape index (κ2) is 6.80. The van der Waals surface area contributed by atoms with Crippen LogP contribution in [0.4, 0.5) is 10.8 Å². The molecule has 0 aliphatic heterocycles. The van der Waals surface area contributed by atoms with E-state index in [1.54, 1.807) is 25.1 Å². The Morgan fingerprint density at radius 3 is 2.54 bits per heavy atom. The molecule has 0 radical (unpaired) electrons. The molecule has 0 unspecified atom stereocenters. The lowest BCUT2D eigenvalue weighted by molar-refractivity contribution is -0.115. The van der Waals surface area contributed by atoms with Crippen molar-refractivity contribution >= 4 is 44.2 Å². The van der Waals surface area contributed by atoms with Gasteiger partial charge in [0.05, 0.1) is 10.2 Å². The highest BCUT2D eigenvalue weighted by molar-refractivity contribution is 7.22. The van der Waals surface area contributed by atoms with Crippen molar-refractivity contribution in [3.8, 4) is 0 Å². The first-order chi connectivity index (χ1) is 11.5. The first kappa shape index (κ1) is 16.1. The molecule has 2 aromatic carbocycles. The number of benzene rings is 2. The number of hydrogen-bond donors (Lipinski definition) is 2. The molecular formula is C18H17N3O2S. The summed E-state index contributed by atoms with van der Waals surface area (Å²) in [5, 5.41) is 6.19. The molecule has 0 spiro atoms. The van der Waals surface area contributed by atoms with Gasteiger partial charge in [-0.05, 0) is 37.3 Å². The van der Waals surface area contributed by atoms with Crippen molar-refractivity contribution in [2.45, 2.75) is 20.3 Å². The third kappa shape index (κ3) is 3.60. The first-order valence-corrected chi connectivity index (χ1v) is 8.45. The SMILES string of the molecule is CCC(=O)Nc1nc2cc(NC(=O)c3ccc(C)cc3)ccc2s1. The van der Waals surface area contributed by atoms with Crippen LogP contribution in [0.1, 0.15) is 29.3 Å². The largest absolute Gasteiger partial charge is 0.322 e. The fourth-order valence-corrected chi connectivity index (χ4v) is 3.04.